The second-order valence-electron chi connectivity index (χ2n) is 6.83. The van der Waals surface area contributed by atoms with E-state index in [2.05, 4.69) is 32.1 Å². The van der Waals surface area contributed by atoms with Crippen LogP contribution in [0, 0.1) is 6.92 Å². The highest BCUT2D eigenvalue weighted by atomic mass is 15.1. The van der Waals surface area contributed by atoms with E-state index < -0.39 is 0 Å². The maximum absolute atomic E-state index is 5.96. The van der Waals surface area contributed by atoms with Gasteiger partial charge < -0.3 is 16.4 Å². The van der Waals surface area contributed by atoms with Crippen LogP contribution in [0.15, 0.2) is 48.7 Å². The molecule has 4 N–H and O–H groups in total. The Morgan fingerprint density at radius 2 is 1.64 bits per heavy atom. The number of aryl methyl sites for hydroxylation is 1. The van der Waals surface area contributed by atoms with Crippen LogP contribution in [-0.4, -0.2) is 34.0 Å². The normalized spacial score (nSPS) is 11.0. The summed E-state index contributed by atoms with van der Waals surface area (Å²) in [5.41, 5.74) is 16.9. The van der Waals surface area contributed by atoms with Crippen molar-refractivity contribution in [1.82, 2.24) is 19.9 Å². The first kappa shape index (κ1) is 17.7. The molecule has 3 heterocycles. The fourth-order valence-corrected chi connectivity index (χ4v) is 3.21. The lowest BCUT2D eigenvalue weighted by Gasteiger charge is -2.14. The maximum Gasteiger partial charge on any atom is 0.220 e. The Labute approximate surface area is 163 Å². The Balaban J connectivity index is 1.91. The lowest BCUT2D eigenvalue weighted by molar-refractivity contribution is 1.08. The lowest BCUT2D eigenvalue weighted by Crippen LogP contribution is -2.10. The van der Waals surface area contributed by atoms with Gasteiger partial charge in [0.1, 0.15) is 11.6 Å². The van der Waals surface area contributed by atoms with E-state index >= 15 is 0 Å². The molecule has 0 fully saturated rings. The Morgan fingerprint density at radius 1 is 0.857 bits per heavy atom. The number of hydrogen-bond acceptors (Lipinski definition) is 7. The van der Waals surface area contributed by atoms with Crippen LogP contribution < -0.4 is 16.4 Å². The fourth-order valence-electron chi connectivity index (χ4n) is 3.21. The molecular formula is C21H21N7. The molecule has 3 aromatic heterocycles. The molecule has 0 saturated heterocycles. The minimum Gasteiger partial charge on any atom is -0.384 e. The van der Waals surface area contributed by atoms with Gasteiger partial charge in [0.2, 0.25) is 5.95 Å². The standard InChI is InChI=1S/C21H21N7/c1-12-19(15-5-8-17(22)24-11-15)20(27-21(23)25-12)14-4-7-16-13(10-14)6-9-18(26-16)28(2)3/h4-11H,1-3H3,(H2,22,24)(H2,23,25,27). The van der Waals surface area contributed by atoms with Gasteiger partial charge in [0, 0.05) is 42.4 Å². The summed E-state index contributed by atoms with van der Waals surface area (Å²) in [5.74, 6) is 1.62. The van der Waals surface area contributed by atoms with Gasteiger partial charge in [0.25, 0.3) is 0 Å². The molecule has 0 saturated carbocycles. The van der Waals surface area contributed by atoms with Crippen LogP contribution in [0.25, 0.3) is 33.3 Å². The fraction of sp³-hybridized carbons (Fsp3) is 0.143. The van der Waals surface area contributed by atoms with Crippen LogP contribution in [0.2, 0.25) is 0 Å². The molecule has 4 aromatic rings. The molecule has 7 heteroatoms. The summed E-state index contributed by atoms with van der Waals surface area (Å²) in [6.45, 7) is 1.92. The number of nitrogens with two attached hydrogens (primary N) is 2. The molecule has 0 aliphatic carbocycles. The second-order valence-corrected chi connectivity index (χ2v) is 6.83. The van der Waals surface area contributed by atoms with Crippen molar-refractivity contribution in [3.8, 4) is 22.4 Å². The monoisotopic (exact) mass is 371 g/mol. The number of pyridine rings is 2. The quantitative estimate of drug-likeness (QED) is 0.569. The first-order chi connectivity index (χ1) is 13.4. The van der Waals surface area contributed by atoms with Gasteiger partial charge in [-0.25, -0.2) is 19.9 Å². The summed E-state index contributed by atoms with van der Waals surface area (Å²) >= 11 is 0. The van der Waals surface area contributed by atoms with Crippen molar-refractivity contribution < 1.29 is 0 Å². The average Bonchev–Trinajstić information content (AvgIpc) is 2.67. The predicted octanol–water partition coefficient (Wildman–Crippen LogP) is 3.29. The van der Waals surface area contributed by atoms with E-state index in [-0.39, 0.29) is 5.95 Å². The van der Waals surface area contributed by atoms with Gasteiger partial charge in [-0.3, -0.25) is 0 Å². The largest absolute Gasteiger partial charge is 0.384 e. The first-order valence-electron chi connectivity index (χ1n) is 8.87. The molecule has 1 aromatic carbocycles. The predicted molar refractivity (Wildman–Crippen MR) is 114 cm³/mol. The van der Waals surface area contributed by atoms with E-state index in [9.17, 15) is 0 Å². The third-order valence-corrected chi connectivity index (χ3v) is 4.59. The van der Waals surface area contributed by atoms with Gasteiger partial charge in [-0.05, 0) is 43.3 Å². The molecule has 28 heavy (non-hydrogen) atoms. The minimum atomic E-state index is 0.237. The molecule has 0 aliphatic heterocycles. The summed E-state index contributed by atoms with van der Waals surface area (Å²) in [4.78, 5) is 19.7. The highest BCUT2D eigenvalue weighted by Gasteiger charge is 2.16. The molecule has 0 aliphatic rings. The molecule has 0 radical (unpaired) electrons. The second kappa shape index (κ2) is 6.77. The number of hydrogen-bond donors (Lipinski definition) is 2. The highest BCUT2D eigenvalue weighted by molar-refractivity contribution is 5.89. The first-order valence-corrected chi connectivity index (χ1v) is 8.87. The smallest absolute Gasteiger partial charge is 0.220 e. The molecule has 7 nitrogen and oxygen atoms in total. The zero-order valence-electron chi connectivity index (χ0n) is 16.0. The Bertz CT molecular complexity index is 1170. The van der Waals surface area contributed by atoms with E-state index in [1.807, 2.05) is 50.2 Å². The summed E-state index contributed by atoms with van der Waals surface area (Å²) in [6, 6.07) is 13.8. The Hall–Kier alpha value is -3.74. The third kappa shape index (κ3) is 3.18. The number of aromatic nitrogens is 4. The van der Waals surface area contributed by atoms with Gasteiger partial charge >= 0.3 is 0 Å². The molecule has 0 spiro atoms. The average molecular weight is 371 g/mol. The van der Waals surface area contributed by atoms with Crippen LogP contribution in [0.4, 0.5) is 17.6 Å². The summed E-state index contributed by atoms with van der Waals surface area (Å²) < 4.78 is 0. The molecule has 0 unspecified atom stereocenters. The van der Waals surface area contributed by atoms with E-state index in [0.29, 0.717) is 5.82 Å². The minimum absolute atomic E-state index is 0.237. The maximum atomic E-state index is 5.96. The number of fused-ring (bicyclic) bond motifs is 1. The van der Waals surface area contributed by atoms with Crippen molar-refractivity contribution in [3.05, 3.63) is 54.4 Å². The summed E-state index contributed by atoms with van der Waals surface area (Å²) in [7, 11) is 3.95. The molecule has 0 bridgehead atoms. The zero-order valence-corrected chi connectivity index (χ0v) is 16.0. The van der Waals surface area contributed by atoms with E-state index in [0.717, 1.165) is 44.8 Å². The molecular weight excluding hydrogens is 350 g/mol. The van der Waals surface area contributed by atoms with E-state index in [4.69, 9.17) is 11.5 Å². The van der Waals surface area contributed by atoms with Crippen molar-refractivity contribution in [2.45, 2.75) is 6.92 Å². The molecule has 4 rings (SSSR count). The summed E-state index contributed by atoms with van der Waals surface area (Å²) in [6.07, 6.45) is 1.73. The van der Waals surface area contributed by atoms with Gasteiger partial charge in [-0.1, -0.05) is 6.07 Å². The number of nitrogens with zero attached hydrogens (tertiary/aromatic N) is 5. The topological polar surface area (TPSA) is 107 Å². The van der Waals surface area contributed by atoms with Crippen molar-refractivity contribution in [3.63, 3.8) is 0 Å². The number of benzene rings is 1. The van der Waals surface area contributed by atoms with Crippen LogP contribution in [0.1, 0.15) is 5.69 Å². The number of nitrogen functional groups attached to an aromatic ring is 2. The van der Waals surface area contributed by atoms with Crippen molar-refractivity contribution in [1.29, 1.82) is 0 Å². The number of rotatable bonds is 3. The third-order valence-electron chi connectivity index (χ3n) is 4.59. The Kier molecular flexibility index (Phi) is 4.27. The highest BCUT2D eigenvalue weighted by Crippen LogP contribution is 2.34. The van der Waals surface area contributed by atoms with E-state index in [1.54, 1.807) is 12.3 Å². The van der Waals surface area contributed by atoms with Crippen LogP contribution in [-0.2, 0) is 0 Å². The van der Waals surface area contributed by atoms with Crippen LogP contribution >= 0.6 is 0 Å². The van der Waals surface area contributed by atoms with Crippen molar-refractivity contribution in [2.75, 3.05) is 30.5 Å². The van der Waals surface area contributed by atoms with E-state index in [1.165, 1.54) is 0 Å². The van der Waals surface area contributed by atoms with Crippen LogP contribution in [0.5, 0.6) is 0 Å². The SMILES string of the molecule is Cc1nc(N)nc(-c2ccc3nc(N(C)C)ccc3c2)c1-c1ccc(N)nc1. The van der Waals surface area contributed by atoms with Crippen LogP contribution in [0.3, 0.4) is 0 Å². The molecule has 0 amide bonds. The van der Waals surface area contributed by atoms with Crippen molar-refractivity contribution >= 4 is 28.5 Å². The van der Waals surface area contributed by atoms with Gasteiger partial charge in [0.05, 0.1) is 16.9 Å². The van der Waals surface area contributed by atoms with Gasteiger partial charge in [-0.15, -0.1) is 0 Å². The molecule has 0 atom stereocenters. The van der Waals surface area contributed by atoms with Gasteiger partial charge in [0.15, 0.2) is 0 Å². The lowest BCUT2D eigenvalue weighted by atomic mass is 9.98. The van der Waals surface area contributed by atoms with Crippen molar-refractivity contribution in [2.24, 2.45) is 0 Å². The molecule has 140 valence electrons. The number of anilines is 3. The van der Waals surface area contributed by atoms with Gasteiger partial charge in [-0.2, -0.15) is 0 Å². The Morgan fingerprint density at radius 3 is 2.36 bits per heavy atom. The zero-order chi connectivity index (χ0) is 19.8. The summed E-state index contributed by atoms with van der Waals surface area (Å²) in [5, 5.41) is 1.03.